The Morgan fingerprint density at radius 3 is 1.05 bits per heavy atom. The van der Waals surface area contributed by atoms with Crippen LogP contribution in [-0.2, 0) is 50.7 Å². The van der Waals surface area contributed by atoms with Gasteiger partial charge in [-0.05, 0) is 302 Å². The van der Waals surface area contributed by atoms with Crippen molar-refractivity contribution in [3.8, 4) is 72.7 Å². The van der Waals surface area contributed by atoms with Gasteiger partial charge in [0.1, 0.15) is 0 Å². The van der Waals surface area contributed by atoms with Crippen molar-refractivity contribution in [2.75, 3.05) is 0 Å². The molecule has 23 aromatic carbocycles. The third-order valence-corrected chi connectivity index (χ3v) is 37.7. The first-order valence-corrected chi connectivity index (χ1v) is 53.6. The van der Waals surface area contributed by atoms with Crippen LogP contribution in [0.25, 0.3) is 170 Å². The summed E-state index contributed by atoms with van der Waals surface area (Å²) in [6.45, 7) is 14.9. The van der Waals surface area contributed by atoms with E-state index in [4.69, 9.17) is 0 Å². The van der Waals surface area contributed by atoms with Gasteiger partial charge in [-0.15, -0.1) is 0 Å². The summed E-state index contributed by atoms with van der Waals surface area (Å²) in [6.07, 6.45) is 1.48. The number of nitrogens with zero attached hydrogens (tertiary/aromatic N) is 3. The van der Waals surface area contributed by atoms with E-state index in [1.165, 1.54) is 293 Å². The zero-order valence-corrected chi connectivity index (χ0v) is 84.4. The van der Waals surface area contributed by atoms with E-state index in [1.54, 1.807) is 0 Å². The molecule has 0 bridgehead atoms. The summed E-state index contributed by atoms with van der Waals surface area (Å²) in [5.74, 6) is 0. The Bertz CT molecular complexity index is 10600. The fraction of sp³-hybridized carbons (Fsp3) is 0.102. The summed E-state index contributed by atoms with van der Waals surface area (Å²) >= 11 is 0. The molecule has 3 spiro atoms. The summed E-state index contributed by atoms with van der Waals surface area (Å²) < 4.78 is 7.90. The molecule has 0 saturated carbocycles. The second-order valence-corrected chi connectivity index (χ2v) is 45.4. The first-order chi connectivity index (χ1) is 73.6. The SMILES string of the molecule is CC1(C)c2ccccc2-c2ccc(-c3ccc4c(c3)C3(c5ccccc5-n5c6ccc(CC7(C)c8ccccc8C8(c9ccccc9-n9c%10ccccc%10c%10cccc8c%109)c8cc(-c9cc%10ccccc%10c%10ccccc9%10)ccc87)cc6c6cccc3c65)c3ccccc3C4(C)Cc3ccc4c(c3)c3cccc5c3n4-c3ccccc3C53c4ccccc4C(C)(C)c4ccc(-c5ccc(-c6cccc7ccccc67)cc5)cc43)cc21. The Labute approximate surface area is 871 Å². The molecule has 0 saturated heterocycles. The van der Waals surface area contributed by atoms with Crippen molar-refractivity contribution in [2.45, 2.75) is 92.3 Å². The van der Waals surface area contributed by atoms with E-state index in [-0.39, 0.29) is 10.8 Å². The fourth-order valence-corrected chi connectivity index (χ4v) is 31.4. The van der Waals surface area contributed by atoms with E-state index in [9.17, 15) is 0 Å². The molecule has 26 aromatic rings. The van der Waals surface area contributed by atoms with E-state index in [1.807, 2.05) is 0 Å². The van der Waals surface area contributed by atoms with Crippen LogP contribution in [0.1, 0.15) is 164 Å². The lowest BCUT2D eigenvalue weighted by molar-refractivity contribution is 0.510. The average Bonchev–Trinajstić information content (AvgIpc) is 1.30. The molecule has 3 nitrogen and oxygen atoms in total. The number of fused-ring (bicyclic) bond motifs is 40. The molecule has 0 amide bonds. The Morgan fingerprint density at radius 2 is 0.487 bits per heavy atom. The molecule has 3 aromatic heterocycles. The molecule has 6 heterocycles. The third kappa shape index (κ3) is 10.6. The summed E-state index contributed by atoms with van der Waals surface area (Å²) in [7, 11) is 0. The Balaban J connectivity index is 0.563. The average molecular weight is 1910 g/mol. The van der Waals surface area contributed by atoms with Crippen molar-refractivity contribution in [1.82, 2.24) is 13.7 Å². The Kier molecular flexibility index (Phi) is 16.8. The third-order valence-electron chi connectivity index (χ3n) is 37.7. The van der Waals surface area contributed by atoms with Gasteiger partial charge in [0.25, 0.3) is 0 Å². The second-order valence-electron chi connectivity index (χ2n) is 45.4. The Morgan fingerprint density at radius 1 is 0.160 bits per heavy atom. The molecular formula is C147H101N3. The van der Waals surface area contributed by atoms with Crippen LogP contribution in [0.4, 0.5) is 0 Å². The van der Waals surface area contributed by atoms with Gasteiger partial charge < -0.3 is 13.7 Å². The lowest BCUT2D eigenvalue weighted by Gasteiger charge is -2.51. The van der Waals surface area contributed by atoms with Gasteiger partial charge in [-0.3, -0.25) is 0 Å². The molecule has 4 aliphatic carbocycles. The topological polar surface area (TPSA) is 14.8 Å². The van der Waals surface area contributed by atoms with E-state index >= 15 is 0 Å². The summed E-state index contributed by atoms with van der Waals surface area (Å²) in [5, 5.41) is 15.1. The van der Waals surface area contributed by atoms with Crippen molar-refractivity contribution in [2.24, 2.45) is 0 Å². The maximum Gasteiger partial charge on any atom is 0.0748 e. The van der Waals surface area contributed by atoms with Gasteiger partial charge in [-0.25, -0.2) is 0 Å². The van der Waals surface area contributed by atoms with Gasteiger partial charge in [0.05, 0.1) is 66.4 Å². The van der Waals surface area contributed by atoms with Crippen LogP contribution in [0.2, 0.25) is 0 Å². The standard InChI is InChI=1S/C147H101N3/c1-141(2)112-46-15-13-40-103(112)104-73-69-94(82-128(104)141)95-71-75-117-130(84-95)146(120-51-20-17-48-115(120)143(117,5)86-88-63-77-133-110(79-88)107-44-31-57-126-139(107)149(133)136-61-27-22-53-122(136)145(126)119-50-19-16-47-113(119)142(3,4)114-74-70-93(83-129(114)145)90-65-67-92(68-66-90)99-42-29-35-91-33-7-9-36-98(91)99)124-55-24-28-62-137(124)150-134-78-64-89(80-111(134)108-45-32-58-127(146)140(108)150)87-144(6)116-49-18-21-52-121(116)147(123-54-23-26-60-135(123)148-132-59-25-14-41-105(132)106-43-30-56-125(147)138(106)148)131-85-97(72-76-118(131)144)109-81-96-34-8-10-37-100(96)101-38-11-12-39-102(101)109/h7-85H,86-87H2,1-6H3. The zero-order chi connectivity index (χ0) is 99.1. The molecule has 33 rings (SSSR count). The molecule has 0 radical (unpaired) electrons. The minimum Gasteiger partial charge on any atom is -0.309 e. The van der Waals surface area contributed by atoms with Crippen LogP contribution < -0.4 is 0 Å². The quantitative estimate of drug-likeness (QED) is 0.135. The van der Waals surface area contributed by atoms with Crippen molar-refractivity contribution in [1.29, 1.82) is 0 Å². The minimum atomic E-state index is -0.814. The molecule has 5 atom stereocenters. The van der Waals surface area contributed by atoms with Crippen LogP contribution >= 0.6 is 0 Å². The lowest BCUT2D eigenvalue weighted by atomic mass is 9.52. The molecule has 150 heavy (non-hydrogen) atoms. The molecule has 5 unspecified atom stereocenters. The first-order valence-electron chi connectivity index (χ1n) is 53.6. The van der Waals surface area contributed by atoms with Crippen molar-refractivity contribution in [3.63, 3.8) is 0 Å². The highest BCUT2D eigenvalue weighted by atomic mass is 15.0. The van der Waals surface area contributed by atoms with Crippen molar-refractivity contribution in [3.05, 3.63) is 602 Å². The van der Waals surface area contributed by atoms with Gasteiger partial charge in [0.2, 0.25) is 0 Å². The maximum absolute atomic E-state index is 2.67. The number of hydrogen-bond donors (Lipinski definition) is 0. The number of rotatable bonds is 8. The maximum atomic E-state index is 2.67. The number of aromatic nitrogens is 3. The number of benzene rings is 23. The molecule has 3 heteroatoms. The van der Waals surface area contributed by atoms with Gasteiger partial charge in [0.15, 0.2) is 0 Å². The normalized spacial score (nSPS) is 18.9. The smallest absolute Gasteiger partial charge is 0.0748 e. The highest BCUT2D eigenvalue weighted by Crippen LogP contribution is 2.68. The minimum absolute atomic E-state index is 0.202. The van der Waals surface area contributed by atoms with Crippen molar-refractivity contribution < 1.29 is 0 Å². The van der Waals surface area contributed by atoms with E-state index < -0.39 is 27.1 Å². The Hall–Kier alpha value is -17.8. The van der Waals surface area contributed by atoms with E-state index in [0.29, 0.717) is 0 Å². The molecule has 7 aliphatic rings. The predicted octanol–water partition coefficient (Wildman–Crippen LogP) is 35.9. The summed E-state index contributed by atoms with van der Waals surface area (Å²) in [5.41, 5.74) is 48.8. The highest BCUT2D eigenvalue weighted by molar-refractivity contribution is 6.18. The monoisotopic (exact) mass is 1910 g/mol. The highest BCUT2D eigenvalue weighted by Gasteiger charge is 2.59. The van der Waals surface area contributed by atoms with Crippen LogP contribution in [0, 0.1) is 0 Å². The first kappa shape index (κ1) is 84.4. The zero-order valence-electron chi connectivity index (χ0n) is 84.4. The molecule has 0 fully saturated rings. The molecular weight excluding hydrogens is 1810 g/mol. The van der Waals surface area contributed by atoms with Crippen LogP contribution in [0.3, 0.4) is 0 Å². The number of hydrogen-bond acceptors (Lipinski definition) is 0. The van der Waals surface area contributed by atoms with E-state index in [0.717, 1.165) is 12.8 Å². The van der Waals surface area contributed by atoms with Crippen LogP contribution in [0.15, 0.2) is 479 Å². The van der Waals surface area contributed by atoms with Gasteiger partial charge in [-0.1, -0.05) is 442 Å². The second kappa shape index (κ2) is 29.8. The lowest BCUT2D eigenvalue weighted by Crippen LogP contribution is -2.45. The molecule has 3 aliphatic heterocycles. The van der Waals surface area contributed by atoms with Crippen LogP contribution in [0.5, 0.6) is 0 Å². The molecule has 704 valence electrons. The van der Waals surface area contributed by atoms with Gasteiger partial charge in [-0.2, -0.15) is 0 Å². The van der Waals surface area contributed by atoms with Gasteiger partial charge >= 0.3 is 0 Å². The van der Waals surface area contributed by atoms with Crippen molar-refractivity contribution >= 4 is 97.7 Å². The largest absolute Gasteiger partial charge is 0.309 e. The van der Waals surface area contributed by atoms with Crippen LogP contribution in [-0.4, -0.2) is 13.7 Å². The summed E-state index contributed by atoms with van der Waals surface area (Å²) in [6, 6.07) is 188. The van der Waals surface area contributed by atoms with E-state index in [2.05, 4.69) is 534 Å². The summed E-state index contributed by atoms with van der Waals surface area (Å²) in [4.78, 5) is 0. The number of para-hydroxylation sites is 7. The predicted molar refractivity (Wildman–Crippen MR) is 622 cm³/mol. The van der Waals surface area contributed by atoms with Gasteiger partial charge in [0, 0.05) is 54.0 Å². The fourth-order valence-electron chi connectivity index (χ4n) is 31.4. The molecule has 0 N–H and O–H groups in total.